The van der Waals surface area contributed by atoms with E-state index < -0.39 is 84.6 Å². The Morgan fingerprint density at radius 3 is 1.59 bits per heavy atom. The number of aromatic hydroxyl groups is 6. The Hall–Kier alpha value is -4.60. The zero-order chi connectivity index (χ0) is 27.4. The minimum atomic E-state index is -1.41. The molecule has 0 aliphatic heterocycles. The van der Waals surface area contributed by atoms with Crippen molar-refractivity contribution in [3.63, 3.8) is 0 Å². The fraction of sp³-hybridized carbons (Fsp3) is 0.259. The lowest BCUT2D eigenvalue weighted by atomic mass is 9.85. The fourth-order valence-electron chi connectivity index (χ4n) is 5.61. The number of rotatable bonds is 2. The first-order chi connectivity index (χ1) is 17.2. The average Bonchev–Trinajstić information content (AvgIpc) is 3.24. The molecule has 0 saturated heterocycles. The summed E-state index contributed by atoms with van der Waals surface area (Å²) in [6.07, 6.45) is -0.332. The monoisotopic (exact) mass is 506 g/mol. The van der Waals surface area contributed by atoms with Crippen LogP contribution in [0.5, 0.6) is 34.5 Å². The highest BCUT2D eigenvalue weighted by molar-refractivity contribution is 6.11. The molecule has 0 heterocycles. The van der Waals surface area contributed by atoms with E-state index in [0.29, 0.717) is 0 Å². The normalized spacial score (nSPS) is 12.7. The number of benzene rings is 4. The molecule has 0 unspecified atom stereocenters. The maximum absolute atomic E-state index is 13.7. The molecule has 3 aliphatic carbocycles. The molecule has 3 aliphatic rings. The third-order valence-electron chi connectivity index (χ3n) is 7.20. The van der Waals surface area contributed by atoms with Gasteiger partial charge in [0, 0.05) is 50.8 Å². The van der Waals surface area contributed by atoms with Gasteiger partial charge >= 0.3 is 0 Å². The second-order valence-electron chi connectivity index (χ2n) is 9.93. The van der Waals surface area contributed by atoms with Gasteiger partial charge in [0.05, 0.1) is 10.9 Å². The van der Waals surface area contributed by atoms with Crippen LogP contribution >= 0.6 is 0 Å². The van der Waals surface area contributed by atoms with Gasteiger partial charge in [-0.05, 0) is 11.8 Å². The van der Waals surface area contributed by atoms with E-state index in [1.807, 2.05) is 0 Å². The highest BCUT2D eigenvalue weighted by Crippen LogP contribution is 2.60. The molecule has 5 rings (SSSR count). The Bertz CT molecular complexity index is 1890. The summed E-state index contributed by atoms with van der Waals surface area (Å²) in [7, 11) is 0. The van der Waals surface area contributed by atoms with E-state index in [-0.39, 0.29) is 45.2 Å². The third kappa shape index (κ3) is 2.75. The first-order valence-electron chi connectivity index (χ1n) is 11.5. The van der Waals surface area contributed by atoms with Crippen LogP contribution in [0.2, 0.25) is 0 Å². The fourth-order valence-corrected chi connectivity index (χ4v) is 5.61. The molecule has 0 radical (unpaired) electrons. The lowest BCUT2D eigenvalue weighted by Crippen LogP contribution is -2.43. The number of phenolic OH excluding ortho intramolecular Hbond substituents is 6. The minimum absolute atomic E-state index is 0.0181. The van der Waals surface area contributed by atoms with Crippen LogP contribution in [-0.2, 0) is 6.42 Å². The summed E-state index contributed by atoms with van der Waals surface area (Å²) < 4.78 is 0. The average molecular weight is 506 g/mol. The van der Waals surface area contributed by atoms with E-state index in [2.05, 4.69) is 0 Å². The molecule has 10 nitrogen and oxygen atoms in total. The van der Waals surface area contributed by atoms with E-state index in [1.165, 1.54) is 0 Å². The molecular formula is C27H22O10. The first kappa shape index (κ1) is 24.1. The Balaban J connectivity index is 2.07. The smallest absolute Gasteiger partial charge is 0.273 e. The van der Waals surface area contributed by atoms with Gasteiger partial charge in [-0.3, -0.25) is 19.2 Å². The summed E-state index contributed by atoms with van der Waals surface area (Å²) in [5, 5.41) is 64.6. The van der Waals surface area contributed by atoms with Gasteiger partial charge < -0.3 is 30.6 Å². The van der Waals surface area contributed by atoms with Crippen LogP contribution in [0.1, 0.15) is 61.8 Å². The zero-order valence-electron chi connectivity index (χ0n) is 20.2. The van der Waals surface area contributed by atoms with Gasteiger partial charge in [-0.25, -0.2) is 0 Å². The van der Waals surface area contributed by atoms with Crippen LogP contribution in [0, 0.1) is 0 Å². The summed E-state index contributed by atoms with van der Waals surface area (Å²) >= 11 is 0. The lowest BCUT2D eigenvalue weighted by Gasteiger charge is -2.20. The number of hydrogen-bond acceptors (Lipinski definition) is 10. The van der Waals surface area contributed by atoms with Gasteiger partial charge in [0.2, 0.25) is 16.6 Å². The lowest BCUT2D eigenvalue weighted by molar-refractivity contribution is 0.366. The third-order valence-corrected chi connectivity index (χ3v) is 7.20. The van der Waals surface area contributed by atoms with Gasteiger partial charge in [0.15, 0.2) is 16.9 Å². The molecule has 0 spiro atoms. The molecule has 0 atom stereocenters. The molecule has 190 valence electrons. The molecule has 0 amide bonds. The second-order valence-corrected chi connectivity index (χ2v) is 9.93. The number of phenols is 6. The van der Waals surface area contributed by atoms with E-state index in [9.17, 15) is 49.8 Å². The van der Waals surface area contributed by atoms with E-state index in [4.69, 9.17) is 0 Å². The standard InChI is InChI=1S/C27H22O10/c1-6(2)10-14-16(24(34)26(36)22(10)32)20(30)12-8(18(14)28)5-9-13(12)21(31)17-15(19(9)29)11(7(3)4)23(33)27(37)25(17)35/h6-7,28,30-32,34,36H,5H2,1-4H3. The van der Waals surface area contributed by atoms with Crippen LogP contribution in [0.4, 0.5) is 0 Å². The van der Waals surface area contributed by atoms with Crippen LogP contribution < -0.4 is 21.7 Å². The van der Waals surface area contributed by atoms with Crippen molar-refractivity contribution < 1.29 is 30.6 Å². The quantitative estimate of drug-likeness (QED) is 0.118. The maximum Gasteiger partial charge on any atom is 0.273 e. The van der Waals surface area contributed by atoms with Gasteiger partial charge in [0.25, 0.3) is 5.43 Å². The van der Waals surface area contributed by atoms with Crippen LogP contribution in [0.15, 0.2) is 19.2 Å². The minimum Gasteiger partial charge on any atom is -0.507 e. The van der Waals surface area contributed by atoms with E-state index in [1.54, 1.807) is 27.7 Å². The highest BCUT2D eigenvalue weighted by Gasteiger charge is 2.39. The van der Waals surface area contributed by atoms with Crippen molar-refractivity contribution >= 4 is 10.8 Å². The Labute approximate surface area is 207 Å². The van der Waals surface area contributed by atoms with Crippen molar-refractivity contribution in [3.05, 3.63) is 63.1 Å². The van der Waals surface area contributed by atoms with Crippen LogP contribution in [0.3, 0.4) is 0 Å². The summed E-state index contributed by atoms with van der Waals surface area (Å²) in [6.45, 7) is 6.39. The van der Waals surface area contributed by atoms with Crippen LogP contribution in [-0.4, -0.2) is 30.6 Å². The van der Waals surface area contributed by atoms with Gasteiger partial charge in [-0.2, -0.15) is 0 Å². The predicted molar refractivity (Wildman–Crippen MR) is 134 cm³/mol. The molecule has 10 heteroatoms. The highest BCUT2D eigenvalue weighted by atomic mass is 16.3. The number of fused-ring (bicyclic) bond motifs is 5. The maximum atomic E-state index is 13.7. The van der Waals surface area contributed by atoms with Crippen molar-refractivity contribution in [1.82, 2.24) is 0 Å². The van der Waals surface area contributed by atoms with Crippen molar-refractivity contribution in [2.45, 2.75) is 46.0 Å². The Kier molecular flexibility index (Phi) is 4.86. The van der Waals surface area contributed by atoms with Gasteiger partial charge in [-0.15, -0.1) is 0 Å². The van der Waals surface area contributed by atoms with Gasteiger partial charge in [-0.1, -0.05) is 27.7 Å². The van der Waals surface area contributed by atoms with Crippen LogP contribution in [0.25, 0.3) is 33.0 Å². The summed E-state index contributed by atoms with van der Waals surface area (Å²) in [5.74, 6) is -5.83. The zero-order valence-corrected chi connectivity index (χ0v) is 20.2. The summed E-state index contributed by atoms with van der Waals surface area (Å²) in [5.41, 5.74) is -6.77. The predicted octanol–water partition coefficient (Wildman–Crippen LogP) is 2.31. The van der Waals surface area contributed by atoms with Crippen molar-refractivity contribution in [2.24, 2.45) is 0 Å². The largest absolute Gasteiger partial charge is 0.507 e. The molecule has 0 fully saturated rings. The molecule has 37 heavy (non-hydrogen) atoms. The van der Waals surface area contributed by atoms with Crippen molar-refractivity contribution in [3.8, 4) is 56.8 Å². The topological polar surface area (TPSA) is 190 Å². The van der Waals surface area contributed by atoms with Crippen molar-refractivity contribution in [2.75, 3.05) is 0 Å². The first-order valence-corrected chi connectivity index (χ1v) is 11.5. The molecule has 2 aromatic carbocycles. The second kappa shape index (κ2) is 7.45. The van der Waals surface area contributed by atoms with E-state index in [0.717, 1.165) is 0 Å². The Morgan fingerprint density at radius 1 is 0.459 bits per heavy atom. The van der Waals surface area contributed by atoms with Gasteiger partial charge in [0.1, 0.15) is 17.2 Å². The molecule has 0 saturated carbocycles. The molecule has 0 aromatic heterocycles. The Morgan fingerprint density at radius 2 is 1.03 bits per heavy atom. The molecule has 0 bridgehead atoms. The molecule has 6 N–H and O–H groups in total. The SMILES string of the molecule is CC(C)c1c2c(=O)c3c(c(O)c-2c(=O)c(=O)c1=O)-c1c(c(O)c2c(C(C)C)c(O)c(O)c(O)c2c1O)C3. The molecular weight excluding hydrogens is 484 g/mol. The van der Waals surface area contributed by atoms with Crippen molar-refractivity contribution in [1.29, 1.82) is 0 Å². The number of hydrogen-bond donors (Lipinski definition) is 6. The summed E-state index contributed by atoms with van der Waals surface area (Å²) in [6, 6.07) is 0. The summed E-state index contributed by atoms with van der Waals surface area (Å²) in [4.78, 5) is 51.5. The van der Waals surface area contributed by atoms with E-state index >= 15 is 0 Å². The molecule has 2 aromatic rings.